The molecule has 9 nitrogen and oxygen atoms in total. The molecule has 1 atom stereocenters. The number of nitrogens with zero attached hydrogens (tertiary/aromatic N) is 3. The summed E-state index contributed by atoms with van der Waals surface area (Å²) in [5.74, 6) is -0.680. The minimum atomic E-state index is -4.77. The Balaban J connectivity index is 1.04. The number of carboxylic acid groups (broad SMARTS) is 1. The van der Waals surface area contributed by atoms with E-state index >= 15 is 0 Å². The van der Waals surface area contributed by atoms with Crippen LogP contribution in [0, 0.1) is 10.8 Å². The molecule has 4 aromatic rings. The van der Waals surface area contributed by atoms with Gasteiger partial charge >= 0.3 is 12.1 Å². The number of likely N-dealkylation sites (tertiary alicyclic amines) is 1. The number of hydrogen-bond acceptors (Lipinski definition) is 8. The molecular formula is C42H41ClF3N3O6. The Morgan fingerprint density at radius 1 is 0.927 bits per heavy atom. The highest BCUT2D eigenvalue weighted by Crippen LogP contribution is 2.51. The highest BCUT2D eigenvalue weighted by atomic mass is 35.5. The number of alkyl halides is 3. The quantitative estimate of drug-likeness (QED) is 0.151. The largest absolute Gasteiger partial charge is 0.481 e. The summed E-state index contributed by atoms with van der Waals surface area (Å²) in [7, 11) is 2.92. The number of aliphatic carboxylic acids is 1. The number of rotatable bonds is 12. The number of hydrogen-bond donors (Lipinski definition) is 1. The van der Waals surface area contributed by atoms with Crippen molar-refractivity contribution in [1.82, 2.24) is 14.9 Å². The highest BCUT2D eigenvalue weighted by molar-refractivity contribution is 6.36. The van der Waals surface area contributed by atoms with Crippen LogP contribution >= 0.6 is 11.6 Å². The molecule has 0 unspecified atom stereocenters. The average Bonchev–Trinajstić information content (AvgIpc) is 3.70. The predicted molar refractivity (Wildman–Crippen MR) is 198 cm³/mol. The van der Waals surface area contributed by atoms with Crippen LogP contribution in [0.25, 0.3) is 22.4 Å². The molecule has 0 amide bonds. The molecule has 288 valence electrons. The van der Waals surface area contributed by atoms with Crippen LogP contribution in [0.3, 0.4) is 0 Å². The summed E-state index contributed by atoms with van der Waals surface area (Å²) in [6.07, 6.45) is -0.951. The summed E-state index contributed by atoms with van der Waals surface area (Å²) in [6, 6.07) is 16.3. The van der Waals surface area contributed by atoms with Gasteiger partial charge in [0.25, 0.3) is 0 Å². The predicted octanol–water partition coefficient (Wildman–Crippen LogP) is 8.92. The second-order valence-electron chi connectivity index (χ2n) is 15.5. The Morgan fingerprint density at radius 3 is 2.31 bits per heavy atom. The van der Waals surface area contributed by atoms with Crippen LogP contribution in [0.15, 0.2) is 54.6 Å². The van der Waals surface area contributed by atoms with E-state index in [2.05, 4.69) is 9.88 Å². The SMILES string of the molecule is COc1nc(-c2cccc(-c3cccc4c3CC[C@@H]4Oc3nc(OC)c(CCC4(C(=O)O)CC4)cc3C(F)(F)F)c2Cl)ccc1CN1CC2(CCC(=O)C2)C1. The Kier molecular flexibility index (Phi) is 9.56. The molecule has 0 radical (unpaired) electrons. The van der Waals surface area contributed by atoms with Crippen LogP contribution in [-0.2, 0) is 35.2 Å². The maximum Gasteiger partial charge on any atom is 0.421 e. The van der Waals surface area contributed by atoms with Crippen molar-refractivity contribution in [2.75, 3.05) is 27.3 Å². The number of benzene rings is 2. The minimum Gasteiger partial charge on any atom is -0.481 e. The number of carbonyl (C=O) groups excluding carboxylic acids is 1. The first-order valence-corrected chi connectivity index (χ1v) is 18.9. The second kappa shape index (κ2) is 14.1. The second-order valence-corrected chi connectivity index (χ2v) is 15.9. The molecule has 4 aliphatic rings. The van der Waals surface area contributed by atoms with E-state index in [-0.39, 0.29) is 29.7 Å². The minimum absolute atomic E-state index is 0.0197. The van der Waals surface area contributed by atoms with E-state index in [1.54, 1.807) is 7.11 Å². The van der Waals surface area contributed by atoms with Crippen molar-refractivity contribution in [3.8, 4) is 40.0 Å². The zero-order chi connectivity index (χ0) is 38.7. The van der Waals surface area contributed by atoms with Crippen LogP contribution in [0.2, 0.25) is 5.02 Å². The van der Waals surface area contributed by atoms with Gasteiger partial charge in [-0.15, -0.1) is 0 Å². The number of fused-ring (bicyclic) bond motifs is 1. The molecular weight excluding hydrogens is 735 g/mol. The third-order valence-electron chi connectivity index (χ3n) is 11.9. The van der Waals surface area contributed by atoms with E-state index in [0.717, 1.165) is 53.4 Å². The number of methoxy groups -OCH3 is 2. The molecule has 2 aromatic heterocycles. The third kappa shape index (κ3) is 7.03. The summed E-state index contributed by atoms with van der Waals surface area (Å²) in [5.41, 5.74) is 3.95. The number of aromatic nitrogens is 2. The molecule has 1 spiro atoms. The molecule has 0 bridgehead atoms. The van der Waals surface area contributed by atoms with Gasteiger partial charge in [0.05, 0.1) is 30.4 Å². The summed E-state index contributed by atoms with van der Waals surface area (Å²) < 4.78 is 60.6. The van der Waals surface area contributed by atoms with Crippen molar-refractivity contribution < 1.29 is 42.1 Å². The van der Waals surface area contributed by atoms with Gasteiger partial charge in [0.15, 0.2) is 0 Å². The van der Waals surface area contributed by atoms with Gasteiger partial charge in [0.1, 0.15) is 17.5 Å². The van der Waals surface area contributed by atoms with E-state index in [9.17, 15) is 27.9 Å². The zero-order valence-corrected chi connectivity index (χ0v) is 31.4. The van der Waals surface area contributed by atoms with Crippen LogP contribution in [0.1, 0.15) is 78.9 Å². The number of ketones is 1. The topological polar surface area (TPSA) is 111 Å². The lowest BCUT2D eigenvalue weighted by Gasteiger charge is -2.48. The van der Waals surface area contributed by atoms with Gasteiger partial charge in [-0.25, -0.2) is 4.98 Å². The van der Waals surface area contributed by atoms with Gasteiger partial charge in [0.2, 0.25) is 17.6 Å². The van der Waals surface area contributed by atoms with Crippen molar-refractivity contribution >= 4 is 23.4 Å². The standard InChI is InChI=1S/C42H41ClF3N3O6/c1-53-36-24(13-16-41(17-18-41)39(51)52)19-32(42(44,45)46)38(48-36)55-34-12-10-28-27(5-3-6-29(28)34)30-7-4-8-31(35(30)43)33-11-9-25(37(47-33)54-2)21-49-22-40(23-49)15-14-26(50)20-40/h3-9,11,19,34H,10,12-18,20-23H2,1-2H3,(H,51,52)/t34-/m0/s1. The van der Waals surface area contributed by atoms with E-state index in [1.165, 1.54) is 7.11 Å². The average molecular weight is 776 g/mol. The maximum absolute atomic E-state index is 14.5. The molecule has 1 N–H and O–H groups in total. The molecule has 55 heavy (non-hydrogen) atoms. The van der Waals surface area contributed by atoms with E-state index in [0.29, 0.717) is 73.0 Å². The fourth-order valence-corrected chi connectivity index (χ4v) is 9.10. The third-order valence-corrected chi connectivity index (χ3v) is 12.3. The van der Waals surface area contributed by atoms with Crippen molar-refractivity contribution in [2.24, 2.45) is 10.8 Å². The first kappa shape index (κ1) is 37.3. The summed E-state index contributed by atoms with van der Waals surface area (Å²) in [4.78, 5) is 34.9. The van der Waals surface area contributed by atoms with Gasteiger partial charge in [-0.3, -0.25) is 14.5 Å². The first-order chi connectivity index (χ1) is 26.3. The molecule has 8 rings (SSSR count). The van der Waals surface area contributed by atoms with Crippen molar-refractivity contribution in [3.63, 3.8) is 0 Å². The number of Topliss-reactive ketones (excluding diaryl/α,β-unsaturated/α-hetero) is 1. The number of ether oxygens (including phenoxy) is 3. The van der Waals surface area contributed by atoms with E-state index in [4.69, 9.17) is 30.8 Å². The molecule has 2 saturated carbocycles. The van der Waals surface area contributed by atoms with Gasteiger partial charge in [-0.2, -0.15) is 18.2 Å². The summed E-state index contributed by atoms with van der Waals surface area (Å²) in [6.45, 7) is 2.45. The molecule has 2 aromatic carbocycles. The first-order valence-electron chi connectivity index (χ1n) is 18.6. The highest BCUT2D eigenvalue weighted by Gasteiger charge is 2.50. The molecule has 1 saturated heterocycles. The van der Waals surface area contributed by atoms with Crippen LogP contribution < -0.4 is 14.2 Å². The van der Waals surface area contributed by atoms with Crippen LogP contribution in [-0.4, -0.2) is 59.0 Å². The van der Waals surface area contributed by atoms with E-state index < -0.39 is 35.1 Å². The van der Waals surface area contributed by atoms with Gasteiger partial charge in [0, 0.05) is 60.1 Å². The zero-order valence-electron chi connectivity index (χ0n) is 30.6. The maximum atomic E-state index is 14.5. The number of pyridine rings is 2. The fraction of sp³-hybridized carbons (Fsp3) is 0.429. The molecule has 3 heterocycles. The number of aryl methyl sites for hydroxylation is 1. The normalized spacial score (nSPS) is 19.6. The number of halogens is 4. The van der Waals surface area contributed by atoms with Gasteiger partial charge in [-0.1, -0.05) is 54.1 Å². The van der Waals surface area contributed by atoms with Crippen molar-refractivity contribution in [3.05, 3.63) is 87.4 Å². The monoisotopic (exact) mass is 775 g/mol. The Hall–Kier alpha value is -4.68. The van der Waals surface area contributed by atoms with Crippen molar-refractivity contribution in [1.29, 1.82) is 0 Å². The lowest BCUT2D eigenvalue weighted by Crippen LogP contribution is -2.54. The Morgan fingerprint density at radius 2 is 1.64 bits per heavy atom. The molecule has 3 fully saturated rings. The molecule has 1 aliphatic heterocycles. The fourth-order valence-electron chi connectivity index (χ4n) is 8.77. The summed E-state index contributed by atoms with van der Waals surface area (Å²) >= 11 is 7.14. The lowest BCUT2D eigenvalue weighted by molar-refractivity contribution is -0.143. The Bertz CT molecular complexity index is 2180. The number of carboxylic acids is 1. The summed E-state index contributed by atoms with van der Waals surface area (Å²) in [5, 5.41) is 10.1. The van der Waals surface area contributed by atoms with Crippen LogP contribution in [0.4, 0.5) is 13.2 Å². The molecule has 3 aliphatic carbocycles. The van der Waals surface area contributed by atoms with E-state index in [1.807, 2.05) is 48.5 Å². The van der Waals surface area contributed by atoms with Crippen molar-refractivity contribution in [2.45, 2.75) is 76.6 Å². The smallest absolute Gasteiger partial charge is 0.421 e. The number of carbonyl (C=O) groups is 2. The Labute approximate surface area is 321 Å². The van der Waals surface area contributed by atoms with Gasteiger partial charge in [-0.05, 0) is 73.8 Å². The van der Waals surface area contributed by atoms with Gasteiger partial charge < -0.3 is 19.3 Å². The van der Waals surface area contributed by atoms with Crippen LogP contribution in [0.5, 0.6) is 17.6 Å². The molecule has 13 heteroatoms. The lowest BCUT2D eigenvalue weighted by atomic mass is 9.78.